The molecule has 0 unspecified atom stereocenters. The van der Waals surface area contributed by atoms with Gasteiger partial charge in [-0.2, -0.15) is 0 Å². The molecule has 1 saturated heterocycles. The Kier molecular flexibility index (Phi) is 3.56. The summed E-state index contributed by atoms with van der Waals surface area (Å²) in [5.74, 6) is 0. The number of carbonyl (C=O) groups is 1. The van der Waals surface area contributed by atoms with Gasteiger partial charge in [-0.3, -0.25) is 0 Å². The Morgan fingerprint density at radius 3 is 2.69 bits per heavy atom. The maximum absolute atomic E-state index is 10.5. The van der Waals surface area contributed by atoms with Crippen LogP contribution in [-0.4, -0.2) is 49.4 Å². The van der Waals surface area contributed by atoms with Crippen molar-refractivity contribution in [2.45, 2.75) is 13.3 Å². The summed E-state index contributed by atoms with van der Waals surface area (Å²) in [5.41, 5.74) is 1.01. The summed E-state index contributed by atoms with van der Waals surface area (Å²) < 4.78 is 0. The number of rotatable bonds is 3. The first-order valence-corrected chi connectivity index (χ1v) is 6.36. The summed E-state index contributed by atoms with van der Waals surface area (Å²) in [5, 5.41) is 1.07. The van der Waals surface area contributed by atoms with Gasteiger partial charge in [0.05, 0.1) is 5.69 Å². The Morgan fingerprint density at radius 1 is 1.38 bits per heavy atom. The molecule has 2 rings (SSSR count). The third kappa shape index (κ3) is 2.41. The fourth-order valence-corrected chi connectivity index (χ4v) is 2.87. The van der Waals surface area contributed by atoms with Crippen LogP contribution >= 0.6 is 11.3 Å². The number of hydrogen-bond donors (Lipinski definition) is 0. The number of likely N-dealkylation sites (N-methyl/N-ethyl adjacent to an activating group) is 1. The summed E-state index contributed by atoms with van der Waals surface area (Å²) in [6, 6.07) is 0. The molecule has 1 aromatic rings. The number of aldehydes is 1. The van der Waals surface area contributed by atoms with Crippen molar-refractivity contribution in [1.29, 1.82) is 0 Å². The Morgan fingerprint density at radius 2 is 2.06 bits per heavy atom. The van der Waals surface area contributed by atoms with Crippen LogP contribution in [0.3, 0.4) is 0 Å². The molecule has 0 bridgehead atoms. The highest BCUT2D eigenvalue weighted by molar-refractivity contribution is 7.15. The largest absolute Gasteiger partial charge is 0.346 e. The van der Waals surface area contributed by atoms with Crippen molar-refractivity contribution in [3.05, 3.63) is 10.6 Å². The van der Waals surface area contributed by atoms with E-state index in [1.54, 1.807) is 11.3 Å². The Balaban J connectivity index is 2.09. The summed E-state index contributed by atoms with van der Waals surface area (Å²) in [4.78, 5) is 20.8. The quantitative estimate of drug-likeness (QED) is 0.736. The number of nitrogens with zero attached hydrogens (tertiary/aromatic N) is 3. The molecule has 0 aliphatic carbocycles. The molecule has 4 nitrogen and oxygen atoms in total. The van der Waals surface area contributed by atoms with Crippen molar-refractivity contribution in [2.24, 2.45) is 0 Å². The molecule has 1 aromatic heterocycles. The third-order valence-corrected chi connectivity index (χ3v) is 4.16. The van der Waals surface area contributed by atoms with Crippen molar-refractivity contribution >= 4 is 22.8 Å². The first-order chi connectivity index (χ1) is 7.70. The molecule has 88 valence electrons. The maximum Gasteiger partial charge on any atom is 0.185 e. The first kappa shape index (κ1) is 11.5. The third-order valence-electron chi connectivity index (χ3n) is 2.92. The predicted octanol–water partition coefficient (Wildman–Crippen LogP) is 0.945. The molecule has 0 spiro atoms. The van der Waals surface area contributed by atoms with Crippen LogP contribution in [0.2, 0.25) is 0 Å². The normalized spacial score (nSPS) is 17.8. The van der Waals surface area contributed by atoms with Crippen LogP contribution in [0, 0.1) is 6.92 Å². The van der Waals surface area contributed by atoms with E-state index in [1.807, 2.05) is 6.92 Å². The highest BCUT2D eigenvalue weighted by atomic mass is 32.1. The molecular formula is C11H17N3OS. The second-order valence-corrected chi connectivity index (χ2v) is 5.23. The van der Waals surface area contributed by atoms with Gasteiger partial charge in [0.1, 0.15) is 6.29 Å². The molecule has 0 radical (unpaired) electrons. The first-order valence-electron chi connectivity index (χ1n) is 5.54. The van der Waals surface area contributed by atoms with Crippen LogP contribution in [-0.2, 0) is 11.2 Å². The lowest BCUT2D eigenvalue weighted by molar-refractivity contribution is -0.107. The van der Waals surface area contributed by atoms with Gasteiger partial charge < -0.3 is 14.6 Å². The zero-order valence-electron chi connectivity index (χ0n) is 9.77. The van der Waals surface area contributed by atoms with Gasteiger partial charge in [0.25, 0.3) is 0 Å². The lowest BCUT2D eigenvalue weighted by atomic mass is 10.3. The number of piperazine rings is 1. The molecule has 0 atom stereocenters. The number of hydrogen-bond acceptors (Lipinski definition) is 5. The van der Waals surface area contributed by atoms with Gasteiger partial charge in [0.15, 0.2) is 5.13 Å². The summed E-state index contributed by atoms with van der Waals surface area (Å²) >= 11 is 1.66. The molecule has 0 saturated carbocycles. The SMILES string of the molecule is Cc1nc(N2CCN(C)CC2)sc1CC=O. The molecule has 0 N–H and O–H groups in total. The van der Waals surface area contributed by atoms with Crippen LogP contribution in [0.4, 0.5) is 5.13 Å². The van der Waals surface area contributed by atoms with Gasteiger partial charge in [-0.05, 0) is 14.0 Å². The Labute approximate surface area is 99.9 Å². The summed E-state index contributed by atoms with van der Waals surface area (Å²) in [6.07, 6.45) is 1.45. The average Bonchev–Trinajstić information content (AvgIpc) is 2.62. The van der Waals surface area contributed by atoms with Crippen molar-refractivity contribution in [3.63, 3.8) is 0 Å². The topological polar surface area (TPSA) is 36.4 Å². The van der Waals surface area contributed by atoms with Crippen molar-refractivity contribution in [3.8, 4) is 0 Å². The van der Waals surface area contributed by atoms with Gasteiger partial charge >= 0.3 is 0 Å². The molecule has 0 aromatic carbocycles. The van der Waals surface area contributed by atoms with Crippen LogP contribution in [0.25, 0.3) is 0 Å². The Hall–Kier alpha value is -0.940. The van der Waals surface area contributed by atoms with Gasteiger partial charge in [0.2, 0.25) is 0 Å². The van der Waals surface area contributed by atoms with E-state index in [1.165, 1.54) is 0 Å². The molecule has 1 fully saturated rings. The lowest BCUT2D eigenvalue weighted by Crippen LogP contribution is -2.44. The second kappa shape index (κ2) is 4.93. The molecule has 1 aliphatic rings. The van der Waals surface area contributed by atoms with E-state index in [4.69, 9.17) is 0 Å². The van der Waals surface area contributed by atoms with Crippen LogP contribution in [0.1, 0.15) is 10.6 Å². The van der Waals surface area contributed by atoms with E-state index in [9.17, 15) is 4.79 Å². The average molecular weight is 239 g/mol. The van der Waals surface area contributed by atoms with Crippen molar-refractivity contribution in [2.75, 3.05) is 38.1 Å². The van der Waals surface area contributed by atoms with E-state index >= 15 is 0 Å². The van der Waals surface area contributed by atoms with Gasteiger partial charge in [-0.1, -0.05) is 0 Å². The zero-order chi connectivity index (χ0) is 11.5. The predicted molar refractivity (Wildman–Crippen MR) is 66.3 cm³/mol. The van der Waals surface area contributed by atoms with Crippen LogP contribution < -0.4 is 4.90 Å². The minimum atomic E-state index is 0.497. The minimum Gasteiger partial charge on any atom is -0.346 e. The van der Waals surface area contributed by atoms with E-state index in [-0.39, 0.29) is 0 Å². The zero-order valence-corrected chi connectivity index (χ0v) is 10.6. The van der Waals surface area contributed by atoms with Gasteiger partial charge in [-0.25, -0.2) is 4.98 Å². The number of aromatic nitrogens is 1. The van der Waals surface area contributed by atoms with E-state index in [0.29, 0.717) is 6.42 Å². The fourth-order valence-electron chi connectivity index (χ4n) is 1.81. The van der Waals surface area contributed by atoms with Crippen molar-refractivity contribution < 1.29 is 4.79 Å². The number of aryl methyl sites for hydroxylation is 1. The molecule has 0 amide bonds. The van der Waals surface area contributed by atoms with Crippen molar-refractivity contribution in [1.82, 2.24) is 9.88 Å². The monoisotopic (exact) mass is 239 g/mol. The number of thiazole rings is 1. The van der Waals surface area contributed by atoms with Gasteiger partial charge in [-0.15, -0.1) is 11.3 Å². The minimum absolute atomic E-state index is 0.497. The van der Waals surface area contributed by atoms with Crippen LogP contribution in [0.15, 0.2) is 0 Å². The molecule has 5 heteroatoms. The lowest BCUT2D eigenvalue weighted by Gasteiger charge is -2.32. The molecular weight excluding hydrogens is 222 g/mol. The molecule has 1 aliphatic heterocycles. The highest BCUT2D eigenvalue weighted by Crippen LogP contribution is 2.26. The molecule has 16 heavy (non-hydrogen) atoms. The summed E-state index contributed by atoms with van der Waals surface area (Å²) in [7, 11) is 2.14. The standard InChI is InChI=1S/C11H17N3OS/c1-9-10(3-8-15)16-11(12-9)14-6-4-13(2)5-7-14/h8H,3-7H2,1-2H3. The highest BCUT2D eigenvalue weighted by Gasteiger charge is 2.18. The fraction of sp³-hybridized carbons (Fsp3) is 0.636. The van der Waals surface area contributed by atoms with E-state index < -0.39 is 0 Å². The van der Waals surface area contributed by atoms with Crippen LogP contribution in [0.5, 0.6) is 0 Å². The second-order valence-electron chi connectivity index (χ2n) is 4.17. The summed E-state index contributed by atoms with van der Waals surface area (Å²) in [6.45, 7) is 6.21. The molecule has 2 heterocycles. The van der Waals surface area contributed by atoms with Gasteiger partial charge in [0, 0.05) is 37.5 Å². The maximum atomic E-state index is 10.5. The van der Waals surface area contributed by atoms with E-state index in [0.717, 1.165) is 48.2 Å². The number of carbonyl (C=O) groups excluding carboxylic acids is 1. The van der Waals surface area contributed by atoms with E-state index in [2.05, 4.69) is 21.8 Å². The number of anilines is 1. The Bertz CT molecular complexity index is 369. The smallest absolute Gasteiger partial charge is 0.185 e.